The Kier molecular flexibility index (Phi) is 4.89. The van der Waals surface area contributed by atoms with Crippen LogP contribution in [0.4, 0.5) is 4.79 Å². The van der Waals surface area contributed by atoms with Gasteiger partial charge in [-0.3, -0.25) is 4.79 Å². The van der Waals surface area contributed by atoms with Crippen molar-refractivity contribution in [3.63, 3.8) is 0 Å². The van der Waals surface area contributed by atoms with Gasteiger partial charge in [-0.2, -0.15) is 0 Å². The number of methoxy groups -OCH3 is 1. The van der Waals surface area contributed by atoms with E-state index in [2.05, 4.69) is 15.0 Å². The molecule has 1 rings (SSSR count). The van der Waals surface area contributed by atoms with Gasteiger partial charge in [0.15, 0.2) is 0 Å². The summed E-state index contributed by atoms with van der Waals surface area (Å²) in [4.78, 5) is 27.9. The van der Waals surface area contributed by atoms with Gasteiger partial charge < -0.3 is 15.0 Å². The Balaban J connectivity index is 2.33. The highest BCUT2D eigenvalue weighted by Crippen LogP contribution is 2.07. The fourth-order valence-corrected chi connectivity index (χ4v) is 1.86. The summed E-state index contributed by atoms with van der Waals surface area (Å²) >= 11 is 1.49. The number of aryl methyl sites for hydroxylation is 1. The van der Waals surface area contributed by atoms with Crippen LogP contribution in [0.1, 0.15) is 10.7 Å². The van der Waals surface area contributed by atoms with E-state index < -0.39 is 6.09 Å². The minimum absolute atomic E-state index is 0.0307. The molecule has 0 spiro atoms. The zero-order chi connectivity index (χ0) is 12.8. The molecule has 0 aliphatic carbocycles. The third kappa shape index (κ3) is 4.39. The average molecular weight is 257 g/mol. The van der Waals surface area contributed by atoms with Gasteiger partial charge in [0.2, 0.25) is 5.91 Å². The molecule has 94 valence electrons. The molecule has 1 heterocycles. The van der Waals surface area contributed by atoms with Gasteiger partial charge in [0.05, 0.1) is 13.7 Å². The zero-order valence-electron chi connectivity index (χ0n) is 10.0. The molecule has 6 nitrogen and oxygen atoms in total. The van der Waals surface area contributed by atoms with Crippen LogP contribution in [0.15, 0.2) is 5.38 Å². The van der Waals surface area contributed by atoms with Gasteiger partial charge in [-0.1, -0.05) is 0 Å². The molecule has 0 saturated carbocycles. The molecular formula is C10H15N3O3S. The Labute approximate surface area is 104 Å². The largest absolute Gasteiger partial charge is 0.453 e. The first kappa shape index (κ1) is 13.4. The van der Waals surface area contributed by atoms with Crippen molar-refractivity contribution in [1.29, 1.82) is 0 Å². The number of hydrogen-bond acceptors (Lipinski definition) is 5. The van der Waals surface area contributed by atoms with Crippen LogP contribution in [-0.2, 0) is 16.1 Å². The summed E-state index contributed by atoms with van der Waals surface area (Å²) in [5.74, 6) is -0.245. The minimum Gasteiger partial charge on any atom is -0.453 e. The van der Waals surface area contributed by atoms with Crippen LogP contribution in [0.2, 0.25) is 0 Å². The van der Waals surface area contributed by atoms with Crippen molar-refractivity contribution in [2.45, 2.75) is 13.5 Å². The lowest BCUT2D eigenvalue weighted by molar-refractivity contribution is -0.121. The fraction of sp³-hybridized carbons (Fsp3) is 0.500. The van der Waals surface area contributed by atoms with Gasteiger partial charge in [0.1, 0.15) is 11.6 Å². The van der Waals surface area contributed by atoms with Crippen molar-refractivity contribution in [2.75, 3.05) is 20.7 Å². The van der Waals surface area contributed by atoms with Crippen molar-refractivity contribution in [2.24, 2.45) is 0 Å². The molecule has 0 atom stereocenters. The first-order chi connectivity index (χ1) is 8.02. The Bertz CT molecular complexity index is 405. The number of likely N-dealkylation sites (N-methyl/N-ethyl adjacent to an activating group) is 1. The molecule has 0 aliphatic heterocycles. The summed E-state index contributed by atoms with van der Waals surface area (Å²) in [6.45, 7) is 2.25. The molecule has 17 heavy (non-hydrogen) atoms. The first-order valence-electron chi connectivity index (χ1n) is 4.99. The lowest BCUT2D eigenvalue weighted by Gasteiger charge is -2.14. The number of carbonyl (C=O) groups is 2. The molecular weight excluding hydrogens is 242 g/mol. The second kappa shape index (κ2) is 6.19. The van der Waals surface area contributed by atoms with Crippen LogP contribution in [0.25, 0.3) is 0 Å². The van der Waals surface area contributed by atoms with Crippen LogP contribution in [-0.4, -0.2) is 42.6 Å². The summed E-state index contributed by atoms with van der Waals surface area (Å²) < 4.78 is 4.48. The Hall–Kier alpha value is -1.63. The van der Waals surface area contributed by atoms with E-state index in [1.807, 2.05) is 12.3 Å². The van der Waals surface area contributed by atoms with Crippen molar-refractivity contribution in [1.82, 2.24) is 15.2 Å². The second-order valence-electron chi connectivity index (χ2n) is 3.49. The van der Waals surface area contributed by atoms with Crippen LogP contribution in [0, 0.1) is 6.92 Å². The van der Waals surface area contributed by atoms with Gasteiger partial charge >= 0.3 is 6.09 Å². The predicted molar refractivity (Wildman–Crippen MR) is 63.7 cm³/mol. The molecule has 0 aliphatic rings. The number of ether oxygens (including phenoxy) is 1. The molecule has 0 aromatic carbocycles. The van der Waals surface area contributed by atoms with Crippen molar-refractivity contribution in [3.05, 3.63) is 16.1 Å². The average Bonchev–Trinajstić information content (AvgIpc) is 2.71. The molecule has 1 N–H and O–H groups in total. The van der Waals surface area contributed by atoms with Crippen molar-refractivity contribution >= 4 is 23.3 Å². The highest BCUT2D eigenvalue weighted by Gasteiger charge is 2.12. The molecule has 1 aromatic rings. The third-order valence-corrected chi connectivity index (χ3v) is 2.94. The maximum absolute atomic E-state index is 11.5. The van der Waals surface area contributed by atoms with Crippen LogP contribution in [0.5, 0.6) is 0 Å². The van der Waals surface area contributed by atoms with E-state index in [9.17, 15) is 9.59 Å². The van der Waals surface area contributed by atoms with Crippen LogP contribution in [0.3, 0.4) is 0 Å². The number of nitrogens with zero attached hydrogens (tertiary/aromatic N) is 2. The number of amides is 2. The monoisotopic (exact) mass is 257 g/mol. The lowest BCUT2D eigenvalue weighted by atomic mass is 10.5. The van der Waals surface area contributed by atoms with E-state index in [-0.39, 0.29) is 12.5 Å². The summed E-state index contributed by atoms with van der Waals surface area (Å²) in [6.07, 6.45) is -0.537. The highest BCUT2D eigenvalue weighted by molar-refractivity contribution is 7.09. The van der Waals surface area contributed by atoms with E-state index in [0.717, 1.165) is 10.7 Å². The summed E-state index contributed by atoms with van der Waals surface area (Å²) in [5.41, 5.74) is 0.936. The molecule has 7 heteroatoms. The SMILES string of the molecule is COC(=O)N(C)CC(=O)NCc1nc(C)cs1. The molecule has 0 radical (unpaired) electrons. The van der Waals surface area contributed by atoms with E-state index in [4.69, 9.17) is 0 Å². The zero-order valence-corrected chi connectivity index (χ0v) is 10.8. The summed E-state index contributed by atoms with van der Waals surface area (Å²) in [6, 6.07) is 0. The number of nitrogens with one attached hydrogen (secondary N) is 1. The van der Waals surface area contributed by atoms with E-state index in [1.54, 1.807) is 0 Å². The van der Waals surface area contributed by atoms with E-state index >= 15 is 0 Å². The van der Waals surface area contributed by atoms with E-state index in [1.165, 1.54) is 30.4 Å². The Morgan fingerprint density at radius 2 is 2.29 bits per heavy atom. The fourth-order valence-electron chi connectivity index (χ4n) is 1.15. The molecule has 2 amide bonds. The number of thiazole rings is 1. The van der Waals surface area contributed by atoms with Gasteiger partial charge in [-0.15, -0.1) is 11.3 Å². The number of hydrogen-bond donors (Lipinski definition) is 1. The normalized spacial score (nSPS) is 9.82. The van der Waals surface area contributed by atoms with Gasteiger partial charge in [0.25, 0.3) is 0 Å². The minimum atomic E-state index is -0.537. The maximum atomic E-state index is 11.5. The molecule has 1 aromatic heterocycles. The number of rotatable bonds is 4. The third-order valence-electron chi connectivity index (χ3n) is 1.97. The summed E-state index contributed by atoms with van der Waals surface area (Å²) in [5, 5.41) is 5.44. The van der Waals surface area contributed by atoms with Crippen LogP contribution < -0.4 is 5.32 Å². The topological polar surface area (TPSA) is 71.5 Å². The lowest BCUT2D eigenvalue weighted by Crippen LogP contribution is -2.38. The van der Waals surface area contributed by atoms with Crippen molar-refractivity contribution in [3.8, 4) is 0 Å². The van der Waals surface area contributed by atoms with Crippen LogP contribution >= 0.6 is 11.3 Å². The molecule has 0 fully saturated rings. The maximum Gasteiger partial charge on any atom is 0.409 e. The number of carbonyl (C=O) groups excluding carboxylic acids is 2. The molecule has 0 saturated heterocycles. The van der Waals surface area contributed by atoms with Crippen molar-refractivity contribution < 1.29 is 14.3 Å². The Morgan fingerprint density at radius 1 is 1.59 bits per heavy atom. The highest BCUT2D eigenvalue weighted by atomic mass is 32.1. The molecule has 0 bridgehead atoms. The smallest absolute Gasteiger partial charge is 0.409 e. The standard InChI is InChI=1S/C10H15N3O3S/c1-7-6-17-9(12-7)4-11-8(14)5-13(2)10(15)16-3/h6H,4-5H2,1-3H3,(H,11,14). The molecule has 0 unspecified atom stereocenters. The van der Waals surface area contributed by atoms with Gasteiger partial charge in [-0.25, -0.2) is 9.78 Å². The number of aromatic nitrogens is 1. The van der Waals surface area contributed by atoms with Gasteiger partial charge in [-0.05, 0) is 6.92 Å². The summed E-state index contributed by atoms with van der Waals surface area (Å²) in [7, 11) is 2.77. The Morgan fingerprint density at radius 3 is 2.82 bits per heavy atom. The van der Waals surface area contributed by atoms with E-state index in [0.29, 0.717) is 6.54 Å². The first-order valence-corrected chi connectivity index (χ1v) is 5.87. The quantitative estimate of drug-likeness (QED) is 0.864. The second-order valence-corrected chi connectivity index (χ2v) is 4.43. The predicted octanol–water partition coefficient (Wildman–Crippen LogP) is 0.766. The van der Waals surface area contributed by atoms with Gasteiger partial charge in [0, 0.05) is 18.1 Å².